The second-order valence-corrected chi connectivity index (χ2v) is 5.15. The van der Waals surface area contributed by atoms with Crippen LogP contribution in [0.3, 0.4) is 0 Å². The summed E-state index contributed by atoms with van der Waals surface area (Å²) < 4.78 is 18.4. The highest BCUT2D eigenvalue weighted by Crippen LogP contribution is 2.35. The van der Waals surface area contributed by atoms with Gasteiger partial charge in [-0.25, -0.2) is 9.18 Å². The van der Waals surface area contributed by atoms with Crippen molar-refractivity contribution in [3.8, 4) is 5.75 Å². The molecule has 0 aliphatic heterocycles. The van der Waals surface area contributed by atoms with Crippen LogP contribution in [0.4, 0.5) is 4.39 Å². The lowest BCUT2D eigenvalue weighted by Crippen LogP contribution is -2.45. The minimum absolute atomic E-state index is 0.316. The average molecular weight is 332 g/mol. The second kappa shape index (κ2) is 5.16. The molecule has 102 valence electrons. The zero-order valence-electron chi connectivity index (χ0n) is 9.78. The van der Waals surface area contributed by atoms with E-state index in [2.05, 4.69) is 21.2 Å². The molecule has 1 saturated carbocycles. The van der Waals surface area contributed by atoms with E-state index in [-0.39, 0.29) is 6.61 Å². The molecule has 0 heterocycles. The van der Waals surface area contributed by atoms with Crippen molar-refractivity contribution in [3.05, 3.63) is 28.5 Å². The van der Waals surface area contributed by atoms with Gasteiger partial charge in [-0.05, 0) is 47.0 Å². The monoisotopic (exact) mass is 331 g/mol. The van der Waals surface area contributed by atoms with E-state index >= 15 is 0 Å². The van der Waals surface area contributed by atoms with Crippen LogP contribution in [0.25, 0.3) is 0 Å². The minimum atomic E-state index is -1.12. The number of carboxylic acids is 1. The van der Waals surface area contributed by atoms with Crippen LogP contribution in [-0.4, -0.2) is 29.1 Å². The summed E-state index contributed by atoms with van der Waals surface area (Å²) in [7, 11) is 0. The lowest BCUT2D eigenvalue weighted by molar-refractivity contribution is -0.143. The van der Waals surface area contributed by atoms with Crippen LogP contribution in [-0.2, 0) is 9.59 Å². The molecule has 1 fully saturated rings. The molecule has 1 amide bonds. The van der Waals surface area contributed by atoms with Crippen molar-refractivity contribution in [2.45, 2.75) is 18.4 Å². The van der Waals surface area contributed by atoms with Gasteiger partial charge in [0, 0.05) is 0 Å². The Kier molecular flexibility index (Phi) is 3.75. The number of aliphatic carboxylic acids is 1. The molecular formula is C12H11BrFNO4. The van der Waals surface area contributed by atoms with Gasteiger partial charge in [0.2, 0.25) is 0 Å². The molecule has 1 aliphatic rings. The number of carbonyl (C=O) groups is 2. The van der Waals surface area contributed by atoms with Crippen LogP contribution in [0.2, 0.25) is 0 Å². The van der Waals surface area contributed by atoms with E-state index in [1.54, 1.807) is 0 Å². The molecule has 1 aromatic rings. The molecule has 0 radical (unpaired) electrons. The van der Waals surface area contributed by atoms with Gasteiger partial charge < -0.3 is 15.2 Å². The number of carboxylic acid groups (broad SMARTS) is 1. The Hall–Kier alpha value is -1.63. The van der Waals surface area contributed by atoms with Crippen molar-refractivity contribution in [3.63, 3.8) is 0 Å². The third-order valence-corrected chi connectivity index (χ3v) is 3.41. The molecule has 0 bridgehead atoms. The predicted molar refractivity (Wildman–Crippen MR) is 67.3 cm³/mol. The molecule has 7 heteroatoms. The average Bonchev–Trinajstić information content (AvgIpc) is 3.09. The van der Waals surface area contributed by atoms with Crippen LogP contribution in [0.15, 0.2) is 22.7 Å². The van der Waals surface area contributed by atoms with Crippen molar-refractivity contribution in [1.82, 2.24) is 5.32 Å². The molecule has 2 N–H and O–H groups in total. The Morgan fingerprint density at radius 1 is 1.47 bits per heavy atom. The third kappa shape index (κ3) is 3.23. The van der Waals surface area contributed by atoms with Crippen LogP contribution >= 0.6 is 15.9 Å². The van der Waals surface area contributed by atoms with Crippen molar-refractivity contribution in [2.24, 2.45) is 0 Å². The van der Waals surface area contributed by atoms with E-state index in [0.717, 1.165) is 0 Å². The smallest absolute Gasteiger partial charge is 0.329 e. The summed E-state index contributed by atoms with van der Waals surface area (Å²) in [5.74, 6) is -1.66. The van der Waals surface area contributed by atoms with Gasteiger partial charge in [-0.15, -0.1) is 0 Å². The maximum Gasteiger partial charge on any atom is 0.329 e. The quantitative estimate of drug-likeness (QED) is 0.861. The van der Waals surface area contributed by atoms with Crippen molar-refractivity contribution < 1.29 is 23.8 Å². The maximum atomic E-state index is 12.8. The topological polar surface area (TPSA) is 75.6 Å². The highest BCUT2D eigenvalue weighted by molar-refractivity contribution is 9.10. The Labute approximate surface area is 116 Å². The van der Waals surface area contributed by atoms with Gasteiger partial charge in [-0.3, -0.25) is 4.79 Å². The number of nitrogens with one attached hydrogen (secondary N) is 1. The van der Waals surface area contributed by atoms with Gasteiger partial charge >= 0.3 is 5.97 Å². The molecule has 0 saturated heterocycles. The van der Waals surface area contributed by atoms with Gasteiger partial charge in [-0.2, -0.15) is 0 Å². The van der Waals surface area contributed by atoms with E-state index in [1.165, 1.54) is 18.2 Å². The lowest BCUT2D eigenvalue weighted by atomic mass is 10.3. The fraction of sp³-hybridized carbons (Fsp3) is 0.333. The first kappa shape index (κ1) is 13.8. The molecule has 1 aliphatic carbocycles. The number of ether oxygens (including phenoxy) is 1. The Morgan fingerprint density at radius 2 is 2.16 bits per heavy atom. The largest absolute Gasteiger partial charge is 0.483 e. The van der Waals surface area contributed by atoms with Crippen LogP contribution in [0.5, 0.6) is 5.75 Å². The summed E-state index contributed by atoms with van der Waals surface area (Å²) >= 11 is 3.10. The Bertz CT molecular complexity index is 530. The maximum absolute atomic E-state index is 12.8. The Morgan fingerprint density at radius 3 is 2.68 bits per heavy atom. The minimum Gasteiger partial charge on any atom is -0.483 e. The summed E-state index contributed by atoms with van der Waals surface area (Å²) in [5, 5.41) is 11.3. The van der Waals surface area contributed by atoms with Crippen LogP contribution in [0, 0.1) is 5.82 Å². The van der Waals surface area contributed by atoms with Crippen molar-refractivity contribution in [1.29, 1.82) is 0 Å². The molecular weight excluding hydrogens is 321 g/mol. The van der Waals surface area contributed by atoms with Crippen molar-refractivity contribution >= 4 is 27.8 Å². The lowest BCUT2D eigenvalue weighted by Gasteiger charge is -2.13. The molecule has 19 heavy (non-hydrogen) atoms. The van der Waals surface area contributed by atoms with Gasteiger partial charge in [0.25, 0.3) is 5.91 Å². The van der Waals surface area contributed by atoms with E-state index in [9.17, 15) is 14.0 Å². The number of hydrogen-bond donors (Lipinski definition) is 2. The van der Waals surface area contributed by atoms with Crippen LogP contribution in [0.1, 0.15) is 12.8 Å². The molecule has 0 atom stereocenters. The van der Waals surface area contributed by atoms with Gasteiger partial charge in [0.15, 0.2) is 6.61 Å². The summed E-state index contributed by atoms with van der Waals surface area (Å²) in [6.07, 6.45) is 0.850. The first-order chi connectivity index (χ1) is 8.93. The molecule has 0 spiro atoms. The SMILES string of the molecule is O=C(COc1ccc(F)cc1Br)NC1(C(=O)O)CC1. The van der Waals surface area contributed by atoms with Gasteiger partial charge in [-0.1, -0.05) is 0 Å². The van der Waals surface area contributed by atoms with E-state index in [4.69, 9.17) is 9.84 Å². The zero-order valence-corrected chi connectivity index (χ0v) is 11.4. The van der Waals surface area contributed by atoms with E-state index in [1.807, 2.05) is 0 Å². The number of rotatable bonds is 5. The molecule has 2 rings (SSSR count). The highest BCUT2D eigenvalue weighted by atomic mass is 79.9. The normalized spacial score (nSPS) is 15.7. The zero-order chi connectivity index (χ0) is 14.0. The third-order valence-electron chi connectivity index (χ3n) is 2.79. The van der Waals surface area contributed by atoms with Gasteiger partial charge in [0.05, 0.1) is 4.47 Å². The summed E-state index contributed by atoms with van der Waals surface area (Å²) in [4.78, 5) is 22.4. The number of carbonyl (C=O) groups excluding carboxylic acids is 1. The number of amides is 1. The number of benzene rings is 1. The summed E-state index contributed by atoms with van der Waals surface area (Å²) in [6, 6.07) is 3.81. The van der Waals surface area contributed by atoms with Gasteiger partial charge in [0.1, 0.15) is 17.1 Å². The van der Waals surface area contributed by atoms with Crippen molar-refractivity contribution in [2.75, 3.05) is 6.61 Å². The number of halogens is 2. The molecule has 0 unspecified atom stereocenters. The van der Waals surface area contributed by atoms with E-state index < -0.39 is 23.2 Å². The summed E-state index contributed by atoms with van der Waals surface area (Å²) in [6.45, 7) is -0.320. The standard InChI is InChI=1S/C12H11BrFNO4/c13-8-5-7(14)1-2-9(8)19-6-10(16)15-12(3-4-12)11(17)18/h1-2,5H,3-4,6H2,(H,15,16)(H,17,18). The predicted octanol–water partition coefficient (Wildman–Crippen LogP) is 1.70. The molecule has 0 aromatic heterocycles. The Balaban J connectivity index is 1.89. The fourth-order valence-corrected chi connectivity index (χ4v) is 2.02. The van der Waals surface area contributed by atoms with E-state index in [0.29, 0.717) is 23.1 Å². The summed E-state index contributed by atoms with van der Waals surface area (Å²) in [5.41, 5.74) is -1.12. The first-order valence-corrected chi connectivity index (χ1v) is 6.34. The second-order valence-electron chi connectivity index (χ2n) is 4.30. The number of hydrogen-bond acceptors (Lipinski definition) is 3. The molecule has 5 nitrogen and oxygen atoms in total. The van der Waals surface area contributed by atoms with Crippen LogP contribution < -0.4 is 10.1 Å². The molecule has 1 aromatic carbocycles. The first-order valence-electron chi connectivity index (χ1n) is 5.55. The highest BCUT2D eigenvalue weighted by Gasteiger charge is 2.51. The fourth-order valence-electron chi connectivity index (χ4n) is 1.56.